The van der Waals surface area contributed by atoms with E-state index in [0.717, 1.165) is 11.2 Å². The SMILES string of the molecule is CC1(C)OB(c2ccc(C#CCS)nc2)OC1(C)C. The van der Waals surface area contributed by atoms with E-state index in [1.165, 1.54) is 0 Å². The van der Waals surface area contributed by atoms with Crippen LogP contribution in [0.5, 0.6) is 0 Å². The number of pyridine rings is 1. The maximum Gasteiger partial charge on any atom is 0.496 e. The molecule has 0 saturated carbocycles. The maximum atomic E-state index is 5.96. The second kappa shape index (κ2) is 5.20. The van der Waals surface area contributed by atoms with E-state index in [1.807, 2.05) is 39.8 Å². The molecule has 2 rings (SSSR count). The normalized spacial score (nSPS) is 19.9. The van der Waals surface area contributed by atoms with E-state index >= 15 is 0 Å². The van der Waals surface area contributed by atoms with Crippen molar-refractivity contribution in [2.45, 2.75) is 38.9 Å². The lowest BCUT2D eigenvalue weighted by Gasteiger charge is -2.32. The fraction of sp³-hybridized carbons (Fsp3) is 0.500. The molecule has 0 aromatic carbocycles. The summed E-state index contributed by atoms with van der Waals surface area (Å²) in [5.41, 5.74) is 0.981. The zero-order valence-corrected chi connectivity index (χ0v) is 12.6. The molecule has 100 valence electrons. The van der Waals surface area contributed by atoms with E-state index in [4.69, 9.17) is 9.31 Å². The van der Waals surface area contributed by atoms with Gasteiger partial charge < -0.3 is 9.31 Å². The summed E-state index contributed by atoms with van der Waals surface area (Å²) in [6.45, 7) is 8.14. The summed E-state index contributed by atoms with van der Waals surface area (Å²) in [6, 6.07) is 3.81. The molecular formula is C14H18BNO2S. The van der Waals surface area contributed by atoms with Crippen LogP contribution in [0, 0.1) is 11.8 Å². The highest BCUT2D eigenvalue weighted by Gasteiger charge is 2.51. The van der Waals surface area contributed by atoms with Crippen molar-refractivity contribution in [2.75, 3.05) is 5.75 Å². The van der Waals surface area contributed by atoms with Crippen molar-refractivity contribution in [3.8, 4) is 11.8 Å². The average molecular weight is 275 g/mol. The van der Waals surface area contributed by atoms with Crippen LogP contribution >= 0.6 is 12.6 Å². The van der Waals surface area contributed by atoms with Gasteiger partial charge in [-0.2, -0.15) is 12.6 Å². The first-order valence-corrected chi connectivity index (χ1v) is 6.90. The van der Waals surface area contributed by atoms with Gasteiger partial charge in [0.25, 0.3) is 0 Å². The van der Waals surface area contributed by atoms with Gasteiger partial charge in [-0.3, -0.25) is 0 Å². The molecule has 1 aromatic heterocycles. The summed E-state index contributed by atoms with van der Waals surface area (Å²) in [7, 11) is -0.371. The van der Waals surface area contributed by atoms with E-state index in [1.54, 1.807) is 6.20 Å². The monoisotopic (exact) mass is 275 g/mol. The van der Waals surface area contributed by atoms with Gasteiger partial charge in [0.05, 0.1) is 17.0 Å². The molecule has 0 aliphatic carbocycles. The molecule has 2 heterocycles. The van der Waals surface area contributed by atoms with Gasteiger partial charge in [-0.25, -0.2) is 4.98 Å². The van der Waals surface area contributed by atoms with Crippen LogP contribution in [0.25, 0.3) is 0 Å². The average Bonchev–Trinajstić information content (AvgIpc) is 2.56. The first-order valence-electron chi connectivity index (χ1n) is 6.27. The predicted molar refractivity (Wildman–Crippen MR) is 80.7 cm³/mol. The zero-order valence-electron chi connectivity index (χ0n) is 11.7. The third-order valence-electron chi connectivity index (χ3n) is 3.61. The number of nitrogens with zero attached hydrogens (tertiary/aromatic N) is 1. The molecule has 0 bridgehead atoms. The van der Waals surface area contributed by atoms with Crippen molar-refractivity contribution in [1.29, 1.82) is 0 Å². The minimum absolute atomic E-state index is 0.331. The van der Waals surface area contributed by atoms with Crippen LogP contribution < -0.4 is 5.46 Å². The second-order valence-electron chi connectivity index (χ2n) is 5.52. The highest BCUT2D eigenvalue weighted by molar-refractivity contribution is 7.80. The van der Waals surface area contributed by atoms with Crippen molar-refractivity contribution in [2.24, 2.45) is 0 Å². The number of aromatic nitrogens is 1. The van der Waals surface area contributed by atoms with Crippen molar-refractivity contribution in [1.82, 2.24) is 4.98 Å². The molecule has 0 amide bonds. The fourth-order valence-electron chi connectivity index (χ4n) is 1.73. The summed E-state index contributed by atoms with van der Waals surface area (Å²) < 4.78 is 11.9. The fourth-order valence-corrected chi connectivity index (χ4v) is 1.81. The van der Waals surface area contributed by atoms with Crippen LogP contribution in [-0.4, -0.2) is 29.1 Å². The van der Waals surface area contributed by atoms with Crippen molar-refractivity contribution in [3.63, 3.8) is 0 Å². The van der Waals surface area contributed by atoms with Gasteiger partial charge >= 0.3 is 7.12 Å². The van der Waals surface area contributed by atoms with E-state index < -0.39 is 0 Å². The Morgan fingerprint density at radius 3 is 2.32 bits per heavy atom. The third kappa shape index (κ3) is 2.97. The Kier molecular flexibility index (Phi) is 3.96. The number of rotatable bonds is 1. The molecule has 1 saturated heterocycles. The van der Waals surface area contributed by atoms with Crippen molar-refractivity contribution in [3.05, 3.63) is 24.0 Å². The molecule has 1 aliphatic rings. The molecule has 0 atom stereocenters. The second-order valence-corrected chi connectivity index (χ2v) is 5.84. The Morgan fingerprint density at radius 2 is 1.84 bits per heavy atom. The van der Waals surface area contributed by atoms with Crippen LogP contribution in [0.15, 0.2) is 18.3 Å². The minimum Gasteiger partial charge on any atom is -0.399 e. The summed E-state index contributed by atoms with van der Waals surface area (Å²) >= 11 is 4.04. The number of hydrogen-bond acceptors (Lipinski definition) is 4. The van der Waals surface area contributed by atoms with Crippen LogP contribution in [0.3, 0.4) is 0 Å². The smallest absolute Gasteiger partial charge is 0.399 e. The van der Waals surface area contributed by atoms with Crippen LogP contribution in [0.4, 0.5) is 0 Å². The molecule has 3 nitrogen and oxygen atoms in total. The summed E-state index contributed by atoms with van der Waals surface area (Å²) in [5.74, 6) is 6.32. The Balaban J connectivity index is 2.17. The van der Waals surface area contributed by atoms with E-state index in [2.05, 4.69) is 29.5 Å². The highest BCUT2D eigenvalue weighted by Crippen LogP contribution is 2.36. The molecule has 5 heteroatoms. The molecule has 1 aliphatic heterocycles. The molecule has 0 radical (unpaired) electrons. The van der Waals surface area contributed by atoms with Crippen LogP contribution in [-0.2, 0) is 9.31 Å². The van der Waals surface area contributed by atoms with E-state index in [0.29, 0.717) is 5.75 Å². The first kappa shape index (κ1) is 14.5. The van der Waals surface area contributed by atoms with Crippen LogP contribution in [0.2, 0.25) is 0 Å². The lowest BCUT2D eigenvalue weighted by Crippen LogP contribution is -2.41. The molecule has 1 fully saturated rings. The third-order valence-corrected chi connectivity index (χ3v) is 3.77. The molecule has 0 unspecified atom stereocenters. The van der Waals surface area contributed by atoms with Gasteiger partial charge in [0.1, 0.15) is 5.69 Å². The predicted octanol–water partition coefficient (Wildman–Crippen LogP) is 1.66. The first-order chi connectivity index (χ1) is 8.86. The number of thiol groups is 1. The minimum atomic E-state index is -0.371. The Labute approximate surface area is 120 Å². The van der Waals surface area contributed by atoms with E-state index in [-0.39, 0.29) is 18.3 Å². The summed E-state index contributed by atoms with van der Waals surface area (Å²) in [4.78, 5) is 4.29. The van der Waals surface area contributed by atoms with E-state index in [9.17, 15) is 0 Å². The Bertz CT molecular complexity index is 500. The Morgan fingerprint density at radius 1 is 1.21 bits per heavy atom. The van der Waals surface area contributed by atoms with Gasteiger partial charge in [-0.05, 0) is 39.7 Å². The maximum absolute atomic E-state index is 5.96. The van der Waals surface area contributed by atoms with Gasteiger partial charge in [-0.1, -0.05) is 12.0 Å². The molecule has 0 spiro atoms. The molecule has 19 heavy (non-hydrogen) atoms. The van der Waals surface area contributed by atoms with Gasteiger partial charge in [0, 0.05) is 11.7 Å². The van der Waals surface area contributed by atoms with Gasteiger partial charge in [-0.15, -0.1) is 0 Å². The molecule has 1 aromatic rings. The van der Waals surface area contributed by atoms with Gasteiger partial charge in [0.15, 0.2) is 0 Å². The van der Waals surface area contributed by atoms with Crippen molar-refractivity contribution < 1.29 is 9.31 Å². The van der Waals surface area contributed by atoms with Crippen molar-refractivity contribution >= 4 is 25.2 Å². The number of hydrogen-bond donors (Lipinski definition) is 1. The standard InChI is InChI=1S/C14H18BNO2S/c1-13(2)14(3,4)18-15(17-13)11-7-8-12(16-10-11)6-5-9-19/h7-8,10,19H,9H2,1-4H3. The zero-order chi connectivity index (χ0) is 14.1. The Hall–Kier alpha value is -0.955. The lowest BCUT2D eigenvalue weighted by molar-refractivity contribution is 0.00578. The van der Waals surface area contributed by atoms with Crippen LogP contribution in [0.1, 0.15) is 33.4 Å². The summed E-state index contributed by atoms with van der Waals surface area (Å²) in [6.07, 6.45) is 1.75. The molecule has 0 N–H and O–H groups in total. The lowest BCUT2D eigenvalue weighted by atomic mass is 9.80. The summed E-state index contributed by atoms with van der Waals surface area (Å²) in [5, 5.41) is 0. The van der Waals surface area contributed by atoms with Gasteiger partial charge in [0.2, 0.25) is 0 Å². The molecular weight excluding hydrogens is 257 g/mol. The largest absolute Gasteiger partial charge is 0.496 e. The topological polar surface area (TPSA) is 31.4 Å². The highest BCUT2D eigenvalue weighted by atomic mass is 32.1. The quantitative estimate of drug-likeness (QED) is 0.480.